The van der Waals surface area contributed by atoms with E-state index in [4.69, 9.17) is 0 Å². The maximum Gasteiger partial charge on any atom is 0.0571 e. The highest BCUT2D eigenvalue weighted by molar-refractivity contribution is 7.99. The standard InChI is InChI=1S/C15H26N2S/c1-5-9-16-13(4)15-8-7-14(10-17-15)18-11-12(3)6-2/h7-8,10,12-13,16H,5-6,9,11H2,1-4H3. The van der Waals surface area contributed by atoms with Crippen molar-refractivity contribution in [3.05, 3.63) is 24.0 Å². The van der Waals surface area contributed by atoms with Gasteiger partial charge in [0.25, 0.3) is 0 Å². The fraction of sp³-hybridized carbons (Fsp3) is 0.667. The van der Waals surface area contributed by atoms with Crippen LogP contribution in [0.15, 0.2) is 23.2 Å². The Morgan fingerprint density at radius 1 is 1.28 bits per heavy atom. The van der Waals surface area contributed by atoms with E-state index < -0.39 is 0 Å². The molecule has 0 bridgehead atoms. The molecule has 0 aliphatic carbocycles. The minimum Gasteiger partial charge on any atom is -0.309 e. The number of rotatable bonds is 8. The second-order valence-electron chi connectivity index (χ2n) is 4.92. The van der Waals surface area contributed by atoms with Crippen molar-refractivity contribution in [2.75, 3.05) is 12.3 Å². The average Bonchev–Trinajstić information content (AvgIpc) is 2.42. The number of thioether (sulfide) groups is 1. The van der Waals surface area contributed by atoms with Gasteiger partial charge in [0.05, 0.1) is 5.69 Å². The van der Waals surface area contributed by atoms with Crippen LogP contribution in [0.5, 0.6) is 0 Å². The Hall–Kier alpha value is -0.540. The molecule has 2 nitrogen and oxygen atoms in total. The Balaban J connectivity index is 2.46. The summed E-state index contributed by atoms with van der Waals surface area (Å²) in [5.41, 5.74) is 1.14. The molecule has 2 atom stereocenters. The number of nitrogens with zero attached hydrogens (tertiary/aromatic N) is 1. The van der Waals surface area contributed by atoms with Crippen molar-refractivity contribution in [1.29, 1.82) is 0 Å². The van der Waals surface area contributed by atoms with Gasteiger partial charge in [0, 0.05) is 22.9 Å². The largest absolute Gasteiger partial charge is 0.309 e. The molecular formula is C15H26N2S. The maximum absolute atomic E-state index is 4.55. The van der Waals surface area contributed by atoms with Crippen molar-refractivity contribution in [2.24, 2.45) is 5.92 Å². The lowest BCUT2D eigenvalue weighted by atomic mass is 10.2. The van der Waals surface area contributed by atoms with E-state index >= 15 is 0 Å². The van der Waals surface area contributed by atoms with E-state index in [2.05, 4.69) is 50.1 Å². The first-order valence-corrected chi connectivity index (χ1v) is 7.98. The van der Waals surface area contributed by atoms with Crippen LogP contribution < -0.4 is 5.32 Å². The van der Waals surface area contributed by atoms with Gasteiger partial charge >= 0.3 is 0 Å². The van der Waals surface area contributed by atoms with Gasteiger partial charge in [-0.15, -0.1) is 11.8 Å². The molecule has 0 saturated carbocycles. The third-order valence-electron chi connectivity index (χ3n) is 3.13. The lowest BCUT2D eigenvalue weighted by Crippen LogP contribution is -2.20. The van der Waals surface area contributed by atoms with Crippen LogP contribution in [0.1, 0.15) is 52.3 Å². The number of hydrogen-bond donors (Lipinski definition) is 1. The van der Waals surface area contributed by atoms with Crippen molar-refractivity contribution < 1.29 is 0 Å². The Kier molecular flexibility index (Phi) is 7.36. The molecule has 1 aromatic rings. The maximum atomic E-state index is 4.55. The van der Waals surface area contributed by atoms with Gasteiger partial charge in [0.1, 0.15) is 0 Å². The second-order valence-corrected chi connectivity index (χ2v) is 6.01. The second kappa shape index (κ2) is 8.54. The molecule has 2 unspecified atom stereocenters. The van der Waals surface area contributed by atoms with Crippen molar-refractivity contribution >= 4 is 11.8 Å². The van der Waals surface area contributed by atoms with Crippen molar-refractivity contribution in [3.8, 4) is 0 Å². The van der Waals surface area contributed by atoms with Crippen molar-refractivity contribution in [3.63, 3.8) is 0 Å². The van der Waals surface area contributed by atoms with Crippen molar-refractivity contribution in [1.82, 2.24) is 10.3 Å². The topological polar surface area (TPSA) is 24.9 Å². The normalized spacial score (nSPS) is 14.4. The molecule has 1 rings (SSSR count). The number of hydrogen-bond acceptors (Lipinski definition) is 3. The molecule has 0 aromatic carbocycles. The van der Waals surface area contributed by atoms with Crippen LogP contribution in [-0.2, 0) is 0 Å². The molecule has 0 fully saturated rings. The van der Waals surface area contributed by atoms with Crippen LogP contribution in [-0.4, -0.2) is 17.3 Å². The molecule has 1 aromatic heterocycles. The Bertz CT molecular complexity index is 324. The summed E-state index contributed by atoms with van der Waals surface area (Å²) < 4.78 is 0. The molecule has 18 heavy (non-hydrogen) atoms. The average molecular weight is 266 g/mol. The Labute approximate surface area is 116 Å². The molecule has 0 amide bonds. The molecule has 0 radical (unpaired) electrons. The zero-order chi connectivity index (χ0) is 13.4. The molecular weight excluding hydrogens is 240 g/mol. The van der Waals surface area contributed by atoms with E-state index in [-0.39, 0.29) is 0 Å². The summed E-state index contributed by atoms with van der Waals surface area (Å²) in [6.07, 6.45) is 4.41. The van der Waals surface area contributed by atoms with E-state index in [9.17, 15) is 0 Å². The van der Waals surface area contributed by atoms with E-state index in [1.165, 1.54) is 17.1 Å². The van der Waals surface area contributed by atoms with Gasteiger partial charge in [-0.25, -0.2) is 0 Å². The molecule has 0 saturated heterocycles. The SMILES string of the molecule is CCCNC(C)c1ccc(SCC(C)CC)cn1. The van der Waals surface area contributed by atoms with E-state index in [0.29, 0.717) is 6.04 Å². The molecule has 0 aliphatic rings. The monoisotopic (exact) mass is 266 g/mol. The van der Waals surface area contributed by atoms with Crippen LogP contribution in [0.4, 0.5) is 0 Å². The van der Waals surface area contributed by atoms with Gasteiger partial charge in [-0.1, -0.05) is 27.2 Å². The molecule has 102 valence electrons. The zero-order valence-electron chi connectivity index (χ0n) is 12.1. The first-order valence-electron chi connectivity index (χ1n) is 6.99. The predicted octanol–water partition coefficient (Wildman–Crippen LogP) is 4.28. The van der Waals surface area contributed by atoms with Crippen LogP contribution in [0.2, 0.25) is 0 Å². The van der Waals surface area contributed by atoms with Gasteiger partial charge in [-0.3, -0.25) is 4.98 Å². The van der Waals surface area contributed by atoms with Crippen LogP contribution in [0, 0.1) is 5.92 Å². The molecule has 0 spiro atoms. The molecule has 1 N–H and O–H groups in total. The lowest BCUT2D eigenvalue weighted by Gasteiger charge is -2.13. The number of aromatic nitrogens is 1. The fourth-order valence-electron chi connectivity index (χ4n) is 1.56. The lowest BCUT2D eigenvalue weighted by molar-refractivity contribution is 0.558. The first-order chi connectivity index (χ1) is 8.67. The predicted molar refractivity (Wildman–Crippen MR) is 81.1 cm³/mol. The van der Waals surface area contributed by atoms with Crippen LogP contribution in [0.25, 0.3) is 0 Å². The van der Waals surface area contributed by atoms with E-state index in [1.807, 2.05) is 18.0 Å². The van der Waals surface area contributed by atoms with Crippen LogP contribution >= 0.6 is 11.8 Å². The summed E-state index contributed by atoms with van der Waals surface area (Å²) in [6.45, 7) is 9.94. The van der Waals surface area contributed by atoms with Gasteiger partial charge in [-0.2, -0.15) is 0 Å². The van der Waals surface area contributed by atoms with E-state index in [1.54, 1.807) is 0 Å². The first kappa shape index (κ1) is 15.5. The van der Waals surface area contributed by atoms with Crippen LogP contribution in [0.3, 0.4) is 0 Å². The Morgan fingerprint density at radius 3 is 2.61 bits per heavy atom. The highest BCUT2D eigenvalue weighted by atomic mass is 32.2. The minimum absolute atomic E-state index is 0.346. The summed E-state index contributed by atoms with van der Waals surface area (Å²) in [7, 11) is 0. The smallest absolute Gasteiger partial charge is 0.0571 e. The summed E-state index contributed by atoms with van der Waals surface area (Å²) in [4.78, 5) is 5.83. The summed E-state index contributed by atoms with van der Waals surface area (Å²) in [6, 6.07) is 4.68. The summed E-state index contributed by atoms with van der Waals surface area (Å²) >= 11 is 1.91. The molecule has 3 heteroatoms. The molecule has 1 heterocycles. The fourth-order valence-corrected chi connectivity index (χ4v) is 2.56. The quantitative estimate of drug-likeness (QED) is 0.711. The highest BCUT2D eigenvalue weighted by Gasteiger charge is 2.06. The molecule has 0 aliphatic heterocycles. The third-order valence-corrected chi connectivity index (χ3v) is 4.45. The van der Waals surface area contributed by atoms with Crippen molar-refractivity contribution in [2.45, 2.75) is 51.5 Å². The van der Waals surface area contributed by atoms with Gasteiger partial charge in [0.15, 0.2) is 0 Å². The van der Waals surface area contributed by atoms with Gasteiger partial charge in [0.2, 0.25) is 0 Å². The Morgan fingerprint density at radius 2 is 2.06 bits per heavy atom. The summed E-state index contributed by atoms with van der Waals surface area (Å²) in [5.74, 6) is 1.96. The van der Waals surface area contributed by atoms with E-state index in [0.717, 1.165) is 24.6 Å². The van der Waals surface area contributed by atoms with Gasteiger partial charge < -0.3 is 5.32 Å². The zero-order valence-corrected chi connectivity index (χ0v) is 12.9. The third kappa shape index (κ3) is 5.40. The minimum atomic E-state index is 0.346. The number of nitrogens with one attached hydrogen (secondary N) is 1. The number of pyridine rings is 1. The highest BCUT2D eigenvalue weighted by Crippen LogP contribution is 2.22. The van der Waals surface area contributed by atoms with Gasteiger partial charge in [-0.05, 0) is 37.9 Å². The summed E-state index contributed by atoms with van der Waals surface area (Å²) in [5, 5.41) is 3.46.